The highest BCUT2D eigenvalue weighted by molar-refractivity contribution is 7.90. The van der Waals surface area contributed by atoms with Crippen LogP contribution in [0.2, 0.25) is 5.02 Å². The Morgan fingerprint density at radius 3 is 2.45 bits per heavy atom. The molecule has 0 bridgehead atoms. The molecule has 9 heteroatoms. The van der Waals surface area contributed by atoms with Crippen LogP contribution in [0.5, 0.6) is 5.88 Å². The van der Waals surface area contributed by atoms with Crippen molar-refractivity contribution in [3.8, 4) is 5.88 Å². The molecule has 22 heavy (non-hydrogen) atoms. The molecule has 0 spiro atoms. The van der Waals surface area contributed by atoms with E-state index in [9.17, 15) is 18.3 Å². The molecule has 1 aromatic carbocycles. The minimum absolute atomic E-state index is 0.00188. The molecule has 0 saturated carbocycles. The molecule has 2 rings (SSSR count). The van der Waals surface area contributed by atoms with Crippen molar-refractivity contribution >= 4 is 32.9 Å². The van der Waals surface area contributed by atoms with Gasteiger partial charge in [-0.25, -0.2) is 13.1 Å². The summed E-state index contributed by atoms with van der Waals surface area (Å²) in [6, 6.07) is 2.48. The zero-order valence-corrected chi connectivity index (χ0v) is 13.7. The quantitative estimate of drug-likeness (QED) is 0.641. The summed E-state index contributed by atoms with van der Waals surface area (Å²) in [5.41, 5.74) is 5.84. The van der Waals surface area contributed by atoms with Gasteiger partial charge in [0.05, 0.1) is 21.3 Å². The van der Waals surface area contributed by atoms with Gasteiger partial charge in [-0.3, -0.25) is 4.79 Å². The molecule has 0 saturated heterocycles. The van der Waals surface area contributed by atoms with Crippen LogP contribution in [0.1, 0.15) is 21.6 Å². The molecule has 118 valence electrons. The number of halogens is 1. The SMILES string of the molecule is Cc1nn(C)c(O)c1C(=O)c1ccc(S(C)(=O)=O)c(N)c1Cl. The van der Waals surface area contributed by atoms with Gasteiger partial charge in [0.25, 0.3) is 0 Å². The van der Waals surface area contributed by atoms with E-state index in [1.54, 1.807) is 6.92 Å². The van der Waals surface area contributed by atoms with Gasteiger partial charge in [-0.15, -0.1) is 0 Å². The number of aromatic hydroxyl groups is 1. The maximum atomic E-state index is 12.5. The molecule has 0 aliphatic carbocycles. The molecule has 3 N–H and O–H groups in total. The van der Waals surface area contributed by atoms with E-state index in [0.717, 1.165) is 10.9 Å². The molecule has 0 atom stereocenters. The number of rotatable bonds is 3. The van der Waals surface area contributed by atoms with Crippen molar-refractivity contribution < 1.29 is 18.3 Å². The van der Waals surface area contributed by atoms with Crippen LogP contribution in [0, 0.1) is 6.92 Å². The monoisotopic (exact) mass is 343 g/mol. The van der Waals surface area contributed by atoms with E-state index in [2.05, 4.69) is 5.10 Å². The fourth-order valence-electron chi connectivity index (χ4n) is 2.12. The van der Waals surface area contributed by atoms with Gasteiger partial charge in [0.15, 0.2) is 9.84 Å². The molecule has 0 aliphatic rings. The molecular formula is C13H14ClN3O4S. The molecule has 0 aliphatic heterocycles. The third kappa shape index (κ3) is 2.55. The minimum Gasteiger partial charge on any atom is -0.493 e. The fraction of sp³-hybridized carbons (Fsp3) is 0.231. The van der Waals surface area contributed by atoms with Crippen LogP contribution in [0.3, 0.4) is 0 Å². The molecule has 2 aromatic rings. The smallest absolute Gasteiger partial charge is 0.220 e. The largest absolute Gasteiger partial charge is 0.493 e. The Morgan fingerprint density at radius 2 is 2.00 bits per heavy atom. The standard InChI is InChI=1S/C13H14ClN3O4S/c1-6-9(13(19)17(2)16-6)12(18)7-4-5-8(22(3,20)21)11(15)10(7)14/h4-5,19H,15H2,1-3H3. The maximum Gasteiger partial charge on any atom is 0.220 e. The Balaban J connectivity index is 2.64. The Morgan fingerprint density at radius 1 is 1.41 bits per heavy atom. The molecule has 0 unspecified atom stereocenters. The van der Waals surface area contributed by atoms with E-state index in [4.69, 9.17) is 17.3 Å². The lowest BCUT2D eigenvalue weighted by atomic mass is 10.0. The van der Waals surface area contributed by atoms with Crippen molar-refractivity contribution in [2.45, 2.75) is 11.8 Å². The Bertz CT molecular complexity index is 887. The van der Waals surface area contributed by atoms with Gasteiger partial charge in [0, 0.05) is 18.9 Å². The molecule has 0 radical (unpaired) electrons. The lowest BCUT2D eigenvalue weighted by Gasteiger charge is -2.10. The molecule has 1 aromatic heterocycles. The van der Waals surface area contributed by atoms with Crippen LogP contribution in [0.25, 0.3) is 0 Å². The van der Waals surface area contributed by atoms with Crippen molar-refractivity contribution in [3.05, 3.63) is 34.0 Å². The number of aromatic nitrogens is 2. The maximum absolute atomic E-state index is 12.5. The highest BCUT2D eigenvalue weighted by Crippen LogP contribution is 2.33. The number of nitrogens with zero attached hydrogens (tertiary/aromatic N) is 2. The number of anilines is 1. The van der Waals surface area contributed by atoms with Crippen LogP contribution >= 0.6 is 11.6 Å². The van der Waals surface area contributed by atoms with E-state index in [-0.39, 0.29) is 32.6 Å². The van der Waals surface area contributed by atoms with Crippen LogP contribution in [-0.2, 0) is 16.9 Å². The zero-order valence-electron chi connectivity index (χ0n) is 12.1. The second-order valence-electron chi connectivity index (χ2n) is 4.85. The average Bonchev–Trinajstić information content (AvgIpc) is 2.64. The number of hydrogen-bond acceptors (Lipinski definition) is 6. The number of carbonyl (C=O) groups excluding carboxylic acids is 1. The summed E-state index contributed by atoms with van der Waals surface area (Å²) in [5.74, 6) is -0.885. The van der Waals surface area contributed by atoms with Crippen molar-refractivity contribution in [3.63, 3.8) is 0 Å². The molecule has 0 amide bonds. The summed E-state index contributed by atoms with van der Waals surface area (Å²) in [5, 5.41) is 13.7. The van der Waals surface area contributed by atoms with E-state index in [1.165, 1.54) is 19.2 Å². The number of sulfone groups is 1. The van der Waals surface area contributed by atoms with Crippen LogP contribution in [0.4, 0.5) is 5.69 Å². The second kappa shape index (κ2) is 5.29. The highest BCUT2D eigenvalue weighted by atomic mass is 35.5. The Labute approximate surface area is 132 Å². The first-order chi connectivity index (χ1) is 10.1. The van der Waals surface area contributed by atoms with Gasteiger partial charge in [0.2, 0.25) is 11.7 Å². The predicted molar refractivity (Wildman–Crippen MR) is 82.0 cm³/mol. The topological polar surface area (TPSA) is 115 Å². The van der Waals surface area contributed by atoms with E-state index in [0.29, 0.717) is 5.69 Å². The van der Waals surface area contributed by atoms with E-state index >= 15 is 0 Å². The van der Waals surface area contributed by atoms with Gasteiger partial charge < -0.3 is 10.8 Å². The summed E-state index contributed by atoms with van der Waals surface area (Å²) in [6.07, 6.45) is 0.994. The molecule has 1 heterocycles. The first-order valence-electron chi connectivity index (χ1n) is 6.11. The normalized spacial score (nSPS) is 11.6. The number of nitrogen functional groups attached to an aromatic ring is 1. The molecular weight excluding hydrogens is 330 g/mol. The average molecular weight is 344 g/mol. The number of carbonyl (C=O) groups is 1. The van der Waals surface area contributed by atoms with Crippen LogP contribution < -0.4 is 5.73 Å². The first-order valence-corrected chi connectivity index (χ1v) is 8.38. The number of nitrogens with two attached hydrogens (primary N) is 1. The lowest BCUT2D eigenvalue weighted by molar-refractivity contribution is 0.103. The van der Waals surface area contributed by atoms with Crippen molar-refractivity contribution in [2.24, 2.45) is 7.05 Å². The van der Waals surface area contributed by atoms with Gasteiger partial charge in [0.1, 0.15) is 5.56 Å². The number of hydrogen-bond donors (Lipinski definition) is 2. The minimum atomic E-state index is -3.56. The van der Waals surface area contributed by atoms with E-state index < -0.39 is 15.6 Å². The van der Waals surface area contributed by atoms with Crippen molar-refractivity contribution in [1.29, 1.82) is 0 Å². The van der Waals surface area contributed by atoms with Gasteiger partial charge >= 0.3 is 0 Å². The van der Waals surface area contributed by atoms with Crippen LogP contribution in [-0.4, -0.2) is 35.3 Å². The highest BCUT2D eigenvalue weighted by Gasteiger charge is 2.25. The molecule has 7 nitrogen and oxygen atoms in total. The first kappa shape index (κ1) is 16.3. The fourth-order valence-corrected chi connectivity index (χ4v) is 3.24. The number of benzene rings is 1. The second-order valence-corrected chi connectivity index (χ2v) is 7.21. The third-order valence-electron chi connectivity index (χ3n) is 3.20. The summed E-state index contributed by atoms with van der Waals surface area (Å²) >= 11 is 6.04. The van der Waals surface area contributed by atoms with Gasteiger partial charge in [-0.05, 0) is 19.1 Å². The summed E-state index contributed by atoms with van der Waals surface area (Å²) in [4.78, 5) is 12.4. The zero-order chi connectivity index (χ0) is 16.8. The predicted octanol–water partition coefficient (Wildman–Crippen LogP) is 1.30. The summed E-state index contributed by atoms with van der Waals surface area (Å²) < 4.78 is 24.3. The lowest BCUT2D eigenvalue weighted by Crippen LogP contribution is -2.09. The van der Waals surface area contributed by atoms with E-state index in [1.807, 2.05) is 0 Å². The van der Waals surface area contributed by atoms with Crippen molar-refractivity contribution in [2.75, 3.05) is 12.0 Å². The third-order valence-corrected chi connectivity index (χ3v) is 4.77. The van der Waals surface area contributed by atoms with Gasteiger partial charge in [-0.2, -0.15) is 5.10 Å². The van der Waals surface area contributed by atoms with Crippen LogP contribution in [0.15, 0.2) is 17.0 Å². The summed E-state index contributed by atoms with van der Waals surface area (Å²) in [7, 11) is -2.07. The van der Waals surface area contributed by atoms with Gasteiger partial charge in [-0.1, -0.05) is 11.6 Å². The number of aryl methyl sites for hydroxylation is 2. The Kier molecular flexibility index (Phi) is 3.92. The Hall–Kier alpha value is -2.06. The summed E-state index contributed by atoms with van der Waals surface area (Å²) in [6.45, 7) is 1.56. The van der Waals surface area contributed by atoms with Crippen molar-refractivity contribution in [1.82, 2.24) is 9.78 Å². The molecule has 0 fully saturated rings. The number of ketones is 1.